The van der Waals surface area contributed by atoms with Gasteiger partial charge in [0, 0.05) is 26.8 Å². The molecule has 3 rings (SSSR count). The van der Waals surface area contributed by atoms with E-state index in [0.29, 0.717) is 16.1 Å². The molecule has 0 aliphatic rings. The highest BCUT2D eigenvalue weighted by molar-refractivity contribution is 9.10. The number of benzene rings is 1. The van der Waals surface area contributed by atoms with Crippen LogP contribution < -0.4 is 5.73 Å². The molecule has 5 heteroatoms. The molecule has 0 spiro atoms. The minimum absolute atomic E-state index is 0.0162. The van der Waals surface area contributed by atoms with Crippen LogP contribution in [-0.4, -0.2) is 10.8 Å². The van der Waals surface area contributed by atoms with E-state index in [4.69, 9.17) is 5.73 Å². The first-order valence-corrected chi connectivity index (χ1v) is 7.63. The molecule has 2 aromatic heterocycles. The van der Waals surface area contributed by atoms with Gasteiger partial charge in [-0.3, -0.25) is 4.79 Å². The van der Waals surface area contributed by atoms with E-state index in [1.165, 1.54) is 11.3 Å². The lowest BCUT2D eigenvalue weighted by molar-refractivity contribution is 0.104. The minimum Gasteiger partial charge on any atom is -0.399 e. The number of nitrogens with two attached hydrogens (primary N) is 1. The number of carbonyl (C=O) groups is 1. The van der Waals surface area contributed by atoms with Gasteiger partial charge in [-0.05, 0) is 59.3 Å². The van der Waals surface area contributed by atoms with Gasteiger partial charge in [0.25, 0.3) is 0 Å². The summed E-state index contributed by atoms with van der Waals surface area (Å²) in [6, 6.07) is 10.9. The summed E-state index contributed by atoms with van der Waals surface area (Å²) in [5.41, 5.74) is 7.86. The van der Waals surface area contributed by atoms with Crippen molar-refractivity contribution >= 4 is 49.0 Å². The van der Waals surface area contributed by atoms with Crippen LogP contribution >= 0.6 is 27.3 Å². The van der Waals surface area contributed by atoms with Gasteiger partial charge in [-0.2, -0.15) is 0 Å². The van der Waals surface area contributed by atoms with E-state index >= 15 is 0 Å². The molecule has 0 saturated carbocycles. The van der Waals surface area contributed by atoms with Gasteiger partial charge in [0.05, 0.1) is 4.88 Å². The Bertz CT molecular complexity index is 809. The second kappa shape index (κ2) is 5.00. The standard InChI is InChI=1S/C15H11BrN2OS/c1-8-2-7-11-12(16)14(20-15(11)18-8)13(19)9-3-5-10(17)6-4-9/h2-7H,17H2,1H3. The number of anilines is 1. The number of nitrogens with zero attached hydrogens (tertiary/aromatic N) is 1. The van der Waals surface area contributed by atoms with Gasteiger partial charge in [0.15, 0.2) is 0 Å². The summed E-state index contributed by atoms with van der Waals surface area (Å²) >= 11 is 4.92. The lowest BCUT2D eigenvalue weighted by Crippen LogP contribution is -1.99. The first-order chi connectivity index (χ1) is 9.56. The van der Waals surface area contributed by atoms with Gasteiger partial charge >= 0.3 is 0 Å². The Balaban J connectivity index is 2.12. The molecule has 1 aromatic carbocycles. The Morgan fingerprint density at radius 2 is 1.90 bits per heavy atom. The Labute approximate surface area is 128 Å². The highest BCUT2D eigenvalue weighted by Crippen LogP contribution is 2.36. The van der Waals surface area contributed by atoms with E-state index < -0.39 is 0 Å². The number of hydrogen-bond acceptors (Lipinski definition) is 4. The van der Waals surface area contributed by atoms with Crippen molar-refractivity contribution in [3.63, 3.8) is 0 Å². The minimum atomic E-state index is -0.0162. The van der Waals surface area contributed by atoms with Crippen LogP contribution in [0.1, 0.15) is 20.9 Å². The van der Waals surface area contributed by atoms with Gasteiger partial charge in [-0.25, -0.2) is 4.98 Å². The van der Waals surface area contributed by atoms with E-state index in [1.807, 2.05) is 19.1 Å². The molecule has 3 nitrogen and oxygen atoms in total. The Hall–Kier alpha value is -1.72. The first kappa shape index (κ1) is 13.3. The first-order valence-electron chi connectivity index (χ1n) is 6.02. The molecular formula is C15H11BrN2OS. The third-order valence-corrected chi connectivity index (χ3v) is 5.20. The van der Waals surface area contributed by atoms with Gasteiger partial charge in [-0.15, -0.1) is 11.3 Å². The van der Waals surface area contributed by atoms with Crippen LogP contribution in [0.5, 0.6) is 0 Å². The Morgan fingerprint density at radius 3 is 2.60 bits per heavy atom. The van der Waals surface area contributed by atoms with Crippen molar-refractivity contribution in [3.8, 4) is 0 Å². The zero-order valence-corrected chi connectivity index (χ0v) is 13.1. The number of halogens is 1. The van der Waals surface area contributed by atoms with E-state index in [9.17, 15) is 4.79 Å². The number of ketones is 1. The van der Waals surface area contributed by atoms with Crippen molar-refractivity contribution in [2.75, 3.05) is 5.73 Å². The largest absolute Gasteiger partial charge is 0.399 e. The molecule has 100 valence electrons. The van der Waals surface area contributed by atoms with Crippen molar-refractivity contribution in [1.82, 2.24) is 4.98 Å². The second-order valence-electron chi connectivity index (χ2n) is 4.50. The van der Waals surface area contributed by atoms with Crippen molar-refractivity contribution in [2.45, 2.75) is 6.92 Å². The van der Waals surface area contributed by atoms with Crippen molar-refractivity contribution < 1.29 is 4.79 Å². The fraction of sp³-hybridized carbons (Fsp3) is 0.0667. The van der Waals surface area contributed by atoms with Crippen LogP contribution in [0.2, 0.25) is 0 Å². The van der Waals surface area contributed by atoms with Crippen LogP contribution in [0.3, 0.4) is 0 Å². The van der Waals surface area contributed by atoms with Gasteiger partial charge in [0.2, 0.25) is 5.78 Å². The summed E-state index contributed by atoms with van der Waals surface area (Å²) in [6.07, 6.45) is 0. The van der Waals surface area contributed by atoms with E-state index in [1.54, 1.807) is 24.3 Å². The highest BCUT2D eigenvalue weighted by atomic mass is 79.9. The molecule has 0 radical (unpaired) electrons. The summed E-state index contributed by atoms with van der Waals surface area (Å²) in [6.45, 7) is 1.94. The molecule has 3 aromatic rings. The van der Waals surface area contributed by atoms with Gasteiger partial charge in [-0.1, -0.05) is 0 Å². The number of nitrogen functional groups attached to an aromatic ring is 1. The summed E-state index contributed by atoms with van der Waals surface area (Å²) < 4.78 is 0.812. The van der Waals surface area contributed by atoms with Gasteiger partial charge in [0.1, 0.15) is 4.83 Å². The summed E-state index contributed by atoms with van der Waals surface area (Å²) in [7, 11) is 0. The zero-order valence-electron chi connectivity index (χ0n) is 10.7. The van der Waals surface area contributed by atoms with Crippen molar-refractivity contribution in [3.05, 3.63) is 57.0 Å². The average Bonchev–Trinajstić information content (AvgIpc) is 2.75. The molecule has 0 unspecified atom stereocenters. The monoisotopic (exact) mass is 346 g/mol. The molecule has 2 N–H and O–H groups in total. The molecule has 0 bridgehead atoms. The van der Waals surface area contributed by atoms with E-state index in [2.05, 4.69) is 20.9 Å². The number of rotatable bonds is 2. The highest BCUT2D eigenvalue weighted by Gasteiger charge is 2.18. The zero-order chi connectivity index (χ0) is 14.3. The molecule has 2 heterocycles. The molecule has 0 atom stereocenters. The molecule has 0 aliphatic heterocycles. The quantitative estimate of drug-likeness (QED) is 0.559. The van der Waals surface area contributed by atoms with Crippen LogP contribution in [0.15, 0.2) is 40.9 Å². The van der Waals surface area contributed by atoms with Crippen LogP contribution in [0.25, 0.3) is 10.2 Å². The lowest BCUT2D eigenvalue weighted by atomic mass is 10.1. The predicted molar refractivity (Wildman–Crippen MR) is 86.3 cm³/mol. The van der Waals surface area contributed by atoms with E-state index in [-0.39, 0.29) is 5.78 Å². The maximum atomic E-state index is 12.5. The van der Waals surface area contributed by atoms with Crippen LogP contribution in [0, 0.1) is 6.92 Å². The fourth-order valence-corrected chi connectivity index (χ4v) is 3.90. The maximum Gasteiger partial charge on any atom is 0.204 e. The summed E-state index contributed by atoms with van der Waals surface area (Å²) in [5.74, 6) is -0.0162. The fourth-order valence-electron chi connectivity index (χ4n) is 1.95. The molecular weight excluding hydrogens is 336 g/mol. The summed E-state index contributed by atoms with van der Waals surface area (Å²) in [4.78, 5) is 18.5. The summed E-state index contributed by atoms with van der Waals surface area (Å²) in [5, 5.41) is 0.972. The van der Waals surface area contributed by atoms with Crippen LogP contribution in [-0.2, 0) is 0 Å². The Kier molecular flexibility index (Phi) is 3.31. The number of pyridine rings is 1. The van der Waals surface area contributed by atoms with E-state index in [0.717, 1.165) is 20.4 Å². The molecule has 0 aliphatic carbocycles. The molecule has 0 amide bonds. The number of thiophene rings is 1. The smallest absolute Gasteiger partial charge is 0.204 e. The normalized spacial score (nSPS) is 10.9. The lowest BCUT2D eigenvalue weighted by Gasteiger charge is -1.99. The molecule has 0 fully saturated rings. The number of hydrogen-bond donors (Lipinski definition) is 1. The molecule has 20 heavy (non-hydrogen) atoms. The maximum absolute atomic E-state index is 12.5. The van der Waals surface area contributed by atoms with Gasteiger partial charge < -0.3 is 5.73 Å². The number of aromatic nitrogens is 1. The van der Waals surface area contributed by atoms with Crippen molar-refractivity contribution in [2.24, 2.45) is 0 Å². The number of carbonyl (C=O) groups excluding carboxylic acids is 1. The number of fused-ring (bicyclic) bond motifs is 1. The SMILES string of the molecule is Cc1ccc2c(Br)c(C(=O)c3ccc(N)cc3)sc2n1. The average molecular weight is 347 g/mol. The number of aryl methyl sites for hydroxylation is 1. The third kappa shape index (κ3) is 2.23. The molecule has 0 saturated heterocycles. The van der Waals surface area contributed by atoms with Crippen LogP contribution in [0.4, 0.5) is 5.69 Å². The third-order valence-electron chi connectivity index (χ3n) is 3.01. The van der Waals surface area contributed by atoms with Crippen molar-refractivity contribution in [1.29, 1.82) is 0 Å². The predicted octanol–water partition coefficient (Wildman–Crippen LogP) is 4.18. The topological polar surface area (TPSA) is 56.0 Å². The second-order valence-corrected chi connectivity index (χ2v) is 6.29. The Morgan fingerprint density at radius 1 is 1.20 bits per heavy atom.